The Kier molecular flexibility index (Phi) is 4.31. The van der Waals surface area contributed by atoms with E-state index < -0.39 is 23.1 Å². The van der Waals surface area contributed by atoms with Crippen molar-refractivity contribution in [3.8, 4) is 0 Å². The number of alkyl halides is 2. The first-order valence-corrected chi connectivity index (χ1v) is 8.40. The molecule has 27 heavy (non-hydrogen) atoms. The smallest absolute Gasteiger partial charge is 0.243 e. The second-order valence-electron chi connectivity index (χ2n) is 5.94. The van der Waals surface area contributed by atoms with Gasteiger partial charge in [0.1, 0.15) is 11.0 Å². The molecule has 136 valence electrons. The molecule has 0 fully saturated rings. The quantitative estimate of drug-likeness (QED) is 0.471. The lowest BCUT2D eigenvalue weighted by Gasteiger charge is -2.16. The molecule has 4 nitrogen and oxygen atoms in total. The molecule has 0 amide bonds. The molecule has 0 bridgehead atoms. The highest BCUT2D eigenvalue weighted by Crippen LogP contribution is 2.35. The lowest BCUT2D eigenvalue weighted by atomic mass is 10.1. The number of benzene rings is 2. The third-order valence-corrected chi connectivity index (χ3v) is 4.40. The molecule has 0 N–H and O–H groups in total. The molecule has 0 aliphatic rings. The van der Waals surface area contributed by atoms with E-state index in [9.17, 15) is 13.2 Å². The van der Waals surface area contributed by atoms with Crippen LogP contribution >= 0.6 is 11.6 Å². The fourth-order valence-corrected chi connectivity index (χ4v) is 2.94. The number of aromatic nitrogens is 4. The molecular formula is C19H12ClF3N4. The van der Waals surface area contributed by atoms with Gasteiger partial charge in [0.05, 0.1) is 18.1 Å². The molecule has 0 aliphatic carbocycles. The van der Waals surface area contributed by atoms with Gasteiger partial charge in [0.15, 0.2) is 5.65 Å². The molecule has 0 spiro atoms. The van der Waals surface area contributed by atoms with Crippen LogP contribution in [-0.4, -0.2) is 19.7 Å². The number of hydrogen-bond donors (Lipinski definition) is 0. The van der Waals surface area contributed by atoms with Crippen molar-refractivity contribution in [2.24, 2.45) is 0 Å². The van der Waals surface area contributed by atoms with Crippen molar-refractivity contribution in [1.82, 2.24) is 19.7 Å². The Bertz CT molecular complexity index is 1100. The van der Waals surface area contributed by atoms with Gasteiger partial charge in [-0.05, 0) is 29.8 Å². The Morgan fingerprint density at radius 3 is 2.37 bits per heavy atom. The Hall–Kier alpha value is -2.93. The van der Waals surface area contributed by atoms with Gasteiger partial charge in [0.25, 0.3) is 0 Å². The number of fused-ring (bicyclic) bond motifs is 1. The summed E-state index contributed by atoms with van der Waals surface area (Å²) in [7, 11) is 0. The fourth-order valence-electron chi connectivity index (χ4n) is 2.72. The van der Waals surface area contributed by atoms with E-state index in [4.69, 9.17) is 11.6 Å². The molecule has 2 heterocycles. The Labute approximate surface area is 157 Å². The Balaban J connectivity index is 1.80. The van der Waals surface area contributed by atoms with Crippen LogP contribution in [0, 0.1) is 5.82 Å². The number of rotatable bonds is 4. The minimum Gasteiger partial charge on any atom is -0.243 e. The van der Waals surface area contributed by atoms with Crippen LogP contribution in [0.3, 0.4) is 0 Å². The SMILES string of the molecule is Fc1ccc(C(F)(F)c2nc(Cl)c3cnn(Cc4ccccc4)c3n2)cc1. The van der Waals surface area contributed by atoms with Crippen molar-refractivity contribution in [2.75, 3.05) is 0 Å². The molecule has 4 aromatic rings. The van der Waals surface area contributed by atoms with E-state index in [0.717, 1.165) is 29.8 Å². The molecule has 0 unspecified atom stereocenters. The van der Waals surface area contributed by atoms with Crippen molar-refractivity contribution in [1.29, 1.82) is 0 Å². The molecule has 4 rings (SSSR count). The van der Waals surface area contributed by atoms with E-state index in [0.29, 0.717) is 11.9 Å². The lowest BCUT2D eigenvalue weighted by Crippen LogP contribution is -2.20. The first kappa shape index (κ1) is 17.5. The maximum atomic E-state index is 14.9. The highest BCUT2D eigenvalue weighted by atomic mass is 35.5. The zero-order valence-electron chi connectivity index (χ0n) is 13.8. The Morgan fingerprint density at radius 2 is 1.67 bits per heavy atom. The average Bonchev–Trinajstić information content (AvgIpc) is 3.06. The summed E-state index contributed by atoms with van der Waals surface area (Å²) in [5.41, 5.74) is 0.716. The zero-order valence-corrected chi connectivity index (χ0v) is 14.5. The predicted molar refractivity (Wildman–Crippen MR) is 95.3 cm³/mol. The standard InChI is InChI=1S/C19H12ClF3N4/c20-16-15-10-24-27(11-12-4-2-1-3-5-12)17(15)26-18(25-16)19(22,23)13-6-8-14(21)9-7-13/h1-10H,11H2. The normalized spacial score (nSPS) is 11.9. The number of hydrogen-bond acceptors (Lipinski definition) is 3. The molecule has 0 radical (unpaired) electrons. The van der Waals surface area contributed by atoms with E-state index >= 15 is 0 Å². The minimum atomic E-state index is -3.53. The van der Waals surface area contributed by atoms with Gasteiger partial charge in [-0.15, -0.1) is 0 Å². The molecule has 0 saturated carbocycles. The van der Waals surface area contributed by atoms with Gasteiger partial charge >= 0.3 is 5.92 Å². The molecular weight excluding hydrogens is 377 g/mol. The van der Waals surface area contributed by atoms with E-state index in [1.54, 1.807) is 0 Å². The van der Waals surface area contributed by atoms with Crippen LogP contribution in [0.15, 0.2) is 60.8 Å². The summed E-state index contributed by atoms with van der Waals surface area (Å²) in [6, 6.07) is 13.3. The fraction of sp³-hybridized carbons (Fsp3) is 0.105. The minimum absolute atomic E-state index is 0.115. The van der Waals surface area contributed by atoms with Gasteiger partial charge < -0.3 is 0 Å². The highest BCUT2D eigenvalue weighted by molar-refractivity contribution is 6.33. The van der Waals surface area contributed by atoms with Gasteiger partial charge in [-0.3, -0.25) is 0 Å². The van der Waals surface area contributed by atoms with E-state index in [-0.39, 0.29) is 10.8 Å². The summed E-state index contributed by atoms with van der Waals surface area (Å²) in [5.74, 6) is -4.90. The van der Waals surface area contributed by atoms with Gasteiger partial charge in [0.2, 0.25) is 5.82 Å². The van der Waals surface area contributed by atoms with Crippen LogP contribution in [0.4, 0.5) is 13.2 Å². The molecule has 2 aromatic carbocycles. The van der Waals surface area contributed by atoms with Crippen molar-refractivity contribution >= 4 is 22.6 Å². The molecule has 2 aromatic heterocycles. The third-order valence-electron chi connectivity index (χ3n) is 4.11. The zero-order chi connectivity index (χ0) is 19.0. The van der Waals surface area contributed by atoms with E-state index in [1.807, 2.05) is 30.3 Å². The molecule has 0 atom stereocenters. The van der Waals surface area contributed by atoms with Crippen molar-refractivity contribution < 1.29 is 13.2 Å². The summed E-state index contributed by atoms with van der Waals surface area (Å²) in [6.45, 7) is 0.346. The highest BCUT2D eigenvalue weighted by Gasteiger charge is 2.38. The predicted octanol–water partition coefficient (Wildman–Crippen LogP) is 4.81. The van der Waals surface area contributed by atoms with E-state index in [1.165, 1.54) is 10.9 Å². The Morgan fingerprint density at radius 1 is 0.963 bits per heavy atom. The topological polar surface area (TPSA) is 43.6 Å². The van der Waals surface area contributed by atoms with Gasteiger partial charge in [-0.2, -0.15) is 13.9 Å². The van der Waals surface area contributed by atoms with Crippen LogP contribution in [0.5, 0.6) is 0 Å². The summed E-state index contributed by atoms with van der Waals surface area (Å²) in [6.07, 6.45) is 1.44. The van der Waals surface area contributed by atoms with Gasteiger partial charge in [-0.1, -0.05) is 41.9 Å². The van der Waals surface area contributed by atoms with Crippen LogP contribution in [0.25, 0.3) is 11.0 Å². The van der Waals surface area contributed by atoms with Crippen LogP contribution in [0.2, 0.25) is 5.15 Å². The summed E-state index contributed by atoms with van der Waals surface area (Å²) < 4.78 is 44.3. The van der Waals surface area contributed by atoms with Gasteiger partial charge in [0, 0.05) is 5.56 Å². The molecule has 0 aliphatic heterocycles. The van der Waals surface area contributed by atoms with Crippen LogP contribution in [-0.2, 0) is 12.5 Å². The summed E-state index contributed by atoms with van der Waals surface area (Å²) >= 11 is 6.10. The molecule has 8 heteroatoms. The second kappa shape index (κ2) is 6.66. The molecule has 0 saturated heterocycles. The summed E-state index contributed by atoms with van der Waals surface area (Å²) in [5, 5.41) is 4.46. The van der Waals surface area contributed by atoms with Crippen LogP contribution < -0.4 is 0 Å². The second-order valence-corrected chi connectivity index (χ2v) is 6.30. The van der Waals surface area contributed by atoms with E-state index in [2.05, 4.69) is 15.1 Å². The first-order valence-electron chi connectivity index (χ1n) is 8.02. The lowest BCUT2D eigenvalue weighted by molar-refractivity contribution is 0.0330. The largest absolute Gasteiger partial charge is 0.331 e. The average molecular weight is 389 g/mol. The van der Waals surface area contributed by atoms with Gasteiger partial charge in [-0.25, -0.2) is 19.0 Å². The summed E-state index contributed by atoms with van der Waals surface area (Å²) in [4.78, 5) is 7.77. The van der Waals surface area contributed by atoms with Crippen molar-refractivity contribution in [3.63, 3.8) is 0 Å². The number of halogens is 4. The maximum Gasteiger partial charge on any atom is 0.331 e. The monoisotopic (exact) mass is 388 g/mol. The van der Waals surface area contributed by atoms with Crippen molar-refractivity contribution in [3.05, 3.63) is 88.7 Å². The number of nitrogens with zero attached hydrogens (tertiary/aromatic N) is 4. The maximum absolute atomic E-state index is 14.9. The first-order chi connectivity index (χ1) is 12.9. The van der Waals surface area contributed by atoms with Crippen LogP contribution in [0.1, 0.15) is 17.0 Å². The van der Waals surface area contributed by atoms with Crippen molar-refractivity contribution in [2.45, 2.75) is 12.5 Å². The third kappa shape index (κ3) is 3.26.